The largest absolute Gasteiger partial charge is 0.481 e. The van der Waals surface area contributed by atoms with E-state index in [1.165, 1.54) is 0 Å². The summed E-state index contributed by atoms with van der Waals surface area (Å²) < 4.78 is 0. The normalized spacial score (nSPS) is 19.9. The molecule has 0 spiro atoms. The fourth-order valence-corrected chi connectivity index (χ4v) is 1.81. The van der Waals surface area contributed by atoms with Crippen LogP contribution in [0.1, 0.15) is 20.3 Å². The molecule has 1 atom stereocenters. The van der Waals surface area contributed by atoms with Gasteiger partial charge in [-0.15, -0.1) is 0 Å². The summed E-state index contributed by atoms with van der Waals surface area (Å²) in [5.41, 5.74) is 0. The van der Waals surface area contributed by atoms with Crippen molar-refractivity contribution in [2.45, 2.75) is 32.4 Å². The van der Waals surface area contributed by atoms with Gasteiger partial charge in [0.25, 0.3) is 0 Å². The first-order valence-corrected chi connectivity index (χ1v) is 4.83. The quantitative estimate of drug-likeness (QED) is 0.641. The number of hydrogen-bond donors (Lipinski definition) is 2. The number of carbonyl (C=O) groups is 1. The highest BCUT2D eigenvalue weighted by molar-refractivity contribution is 5.67. The molecule has 1 fully saturated rings. The van der Waals surface area contributed by atoms with Crippen LogP contribution in [0.15, 0.2) is 0 Å². The minimum absolute atomic E-state index is 0.148. The molecular weight excluding hydrogens is 168 g/mol. The lowest BCUT2D eigenvalue weighted by atomic mass is 10.1. The zero-order valence-electron chi connectivity index (χ0n) is 8.29. The number of hydrogen-bond acceptors (Lipinski definition) is 3. The highest BCUT2D eigenvalue weighted by Crippen LogP contribution is 2.11. The predicted molar refractivity (Wildman–Crippen MR) is 50.8 cm³/mol. The van der Waals surface area contributed by atoms with E-state index in [0.717, 1.165) is 19.6 Å². The second-order valence-electron chi connectivity index (χ2n) is 3.59. The van der Waals surface area contributed by atoms with E-state index >= 15 is 0 Å². The molecule has 2 N–H and O–H groups in total. The maximum absolute atomic E-state index is 10.5. The van der Waals surface area contributed by atoms with Crippen molar-refractivity contribution < 1.29 is 9.90 Å². The van der Waals surface area contributed by atoms with Gasteiger partial charge in [0.15, 0.2) is 0 Å². The second kappa shape index (κ2) is 4.58. The summed E-state index contributed by atoms with van der Waals surface area (Å²) in [6, 6.07) is 0.689. The van der Waals surface area contributed by atoms with E-state index in [9.17, 15) is 4.79 Å². The van der Waals surface area contributed by atoms with E-state index in [0.29, 0.717) is 6.04 Å². The summed E-state index contributed by atoms with van der Waals surface area (Å²) >= 11 is 0. The summed E-state index contributed by atoms with van der Waals surface area (Å²) in [5, 5.41) is 11.9. The Morgan fingerprint density at radius 2 is 2.31 bits per heavy atom. The van der Waals surface area contributed by atoms with Gasteiger partial charge in [0, 0.05) is 25.2 Å². The fraction of sp³-hybridized carbons (Fsp3) is 0.889. The molecule has 0 radical (unpaired) electrons. The summed E-state index contributed by atoms with van der Waals surface area (Å²) in [6.45, 7) is 6.99. The number of carboxylic acids is 1. The first kappa shape index (κ1) is 10.5. The van der Waals surface area contributed by atoms with Crippen LogP contribution in [0.3, 0.4) is 0 Å². The van der Waals surface area contributed by atoms with Crippen molar-refractivity contribution >= 4 is 5.97 Å². The molecule has 4 nitrogen and oxygen atoms in total. The zero-order valence-corrected chi connectivity index (χ0v) is 8.29. The molecule has 4 heteroatoms. The van der Waals surface area contributed by atoms with E-state index in [1.54, 1.807) is 0 Å². The number of rotatable bonds is 5. The maximum Gasteiger partial charge on any atom is 0.304 e. The molecule has 13 heavy (non-hydrogen) atoms. The van der Waals surface area contributed by atoms with Gasteiger partial charge in [0.1, 0.15) is 0 Å². The van der Waals surface area contributed by atoms with Gasteiger partial charge in [0.2, 0.25) is 0 Å². The Bertz CT molecular complexity index is 180. The molecule has 0 aromatic heterocycles. The van der Waals surface area contributed by atoms with Crippen LogP contribution in [-0.4, -0.2) is 47.7 Å². The van der Waals surface area contributed by atoms with Gasteiger partial charge in [-0.25, -0.2) is 0 Å². The molecule has 1 heterocycles. The summed E-state index contributed by atoms with van der Waals surface area (Å²) in [5.74, 6) is -0.710. The highest BCUT2D eigenvalue weighted by Gasteiger charge is 2.27. The zero-order chi connectivity index (χ0) is 9.84. The van der Waals surface area contributed by atoms with Crippen molar-refractivity contribution in [3.8, 4) is 0 Å². The van der Waals surface area contributed by atoms with E-state index < -0.39 is 5.97 Å². The molecule has 0 saturated carbocycles. The van der Waals surface area contributed by atoms with Gasteiger partial charge in [0.05, 0.1) is 6.42 Å². The average molecular weight is 186 g/mol. The van der Waals surface area contributed by atoms with Gasteiger partial charge < -0.3 is 10.4 Å². The van der Waals surface area contributed by atoms with E-state index in [-0.39, 0.29) is 12.5 Å². The number of nitrogens with zero attached hydrogens (tertiary/aromatic N) is 1. The smallest absolute Gasteiger partial charge is 0.304 e. The average Bonchev–Trinajstić information content (AvgIpc) is 1.94. The Hall–Kier alpha value is -0.610. The third kappa shape index (κ3) is 2.67. The number of carboxylic acid groups (broad SMARTS) is 1. The highest BCUT2D eigenvalue weighted by atomic mass is 16.4. The van der Waals surface area contributed by atoms with Crippen molar-refractivity contribution in [2.75, 3.05) is 19.6 Å². The fourth-order valence-electron chi connectivity index (χ4n) is 1.81. The van der Waals surface area contributed by atoms with Crippen LogP contribution in [-0.2, 0) is 4.79 Å². The van der Waals surface area contributed by atoms with Crippen LogP contribution in [0.25, 0.3) is 0 Å². The molecule has 0 aliphatic carbocycles. The number of nitrogens with one attached hydrogen (secondary N) is 1. The molecule has 1 unspecified atom stereocenters. The molecule has 1 rings (SSSR count). The van der Waals surface area contributed by atoms with Crippen molar-refractivity contribution in [1.82, 2.24) is 10.2 Å². The number of likely N-dealkylation sites (N-methyl/N-ethyl adjacent to an activating group) is 1. The van der Waals surface area contributed by atoms with Gasteiger partial charge in [-0.1, -0.05) is 6.92 Å². The van der Waals surface area contributed by atoms with Crippen molar-refractivity contribution in [2.24, 2.45) is 0 Å². The number of aliphatic carboxylic acids is 1. The molecule has 76 valence electrons. The van der Waals surface area contributed by atoms with Crippen LogP contribution in [0.2, 0.25) is 0 Å². The lowest BCUT2D eigenvalue weighted by Crippen LogP contribution is -2.59. The van der Waals surface area contributed by atoms with Crippen molar-refractivity contribution in [3.05, 3.63) is 0 Å². The second-order valence-corrected chi connectivity index (χ2v) is 3.59. The van der Waals surface area contributed by atoms with Crippen LogP contribution < -0.4 is 5.32 Å². The lowest BCUT2D eigenvalue weighted by Gasteiger charge is -2.40. The molecule has 1 aliphatic rings. The van der Waals surface area contributed by atoms with Crippen LogP contribution >= 0.6 is 0 Å². The molecule has 0 bridgehead atoms. The van der Waals surface area contributed by atoms with E-state index in [2.05, 4.69) is 17.1 Å². The van der Waals surface area contributed by atoms with Crippen LogP contribution in [0.4, 0.5) is 0 Å². The Morgan fingerprint density at radius 1 is 1.69 bits per heavy atom. The minimum Gasteiger partial charge on any atom is -0.481 e. The predicted octanol–water partition coefficient (Wildman–Crippen LogP) is 0.143. The standard InChI is InChI=1S/C9H18N2O2/c1-3-11(8-5-10-6-8)7(2)4-9(12)13/h7-8,10H,3-6H2,1-2H3,(H,12,13). The maximum atomic E-state index is 10.5. The van der Waals surface area contributed by atoms with Crippen molar-refractivity contribution in [1.29, 1.82) is 0 Å². The van der Waals surface area contributed by atoms with Gasteiger partial charge >= 0.3 is 5.97 Å². The molecule has 1 aliphatic heterocycles. The van der Waals surface area contributed by atoms with Gasteiger partial charge in [-0.3, -0.25) is 9.69 Å². The molecular formula is C9H18N2O2. The Labute approximate surface area is 78.9 Å². The Kier molecular flexibility index (Phi) is 3.69. The molecule has 0 aromatic rings. The van der Waals surface area contributed by atoms with Crippen LogP contribution in [0, 0.1) is 0 Å². The Balaban J connectivity index is 2.39. The summed E-state index contributed by atoms with van der Waals surface area (Å²) in [6.07, 6.45) is 0.240. The third-order valence-electron chi connectivity index (χ3n) is 2.63. The Morgan fingerprint density at radius 3 is 2.62 bits per heavy atom. The molecule has 0 amide bonds. The van der Waals surface area contributed by atoms with Gasteiger partial charge in [-0.2, -0.15) is 0 Å². The van der Waals surface area contributed by atoms with E-state index in [4.69, 9.17) is 5.11 Å². The molecule has 1 saturated heterocycles. The molecule has 0 aromatic carbocycles. The lowest BCUT2D eigenvalue weighted by molar-refractivity contribution is -0.138. The monoisotopic (exact) mass is 186 g/mol. The van der Waals surface area contributed by atoms with Crippen molar-refractivity contribution in [3.63, 3.8) is 0 Å². The topological polar surface area (TPSA) is 52.6 Å². The minimum atomic E-state index is -0.710. The van der Waals surface area contributed by atoms with Gasteiger partial charge in [-0.05, 0) is 13.5 Å². The SMILES string of the molecule is CCN(C(C)CC(=O)O)C1CNC1. The first-order valence-electron chi connectivity index (χ1n) is 4.83. The van der Waals surface area contributed by atoms with Crippen LogP contribution in [0.5, 0.6) is 0 Å². The third-order valence-corrected chi connectivity index (χ3v) is 2.63. The first-order chi connectivity index (χ1) is 6.15. The van der Waals surface area contributed by atoms with E-state index in [1.807, 2.05) is 6.92 Å². The summed E-state index contributed by atoms with van der Waals surface area (Å²) in [7, 11) is 0. The summed E-state index contributed by atoms with van der Waals surface area (Å²) in [4.78, 5) is 12.8.